The average molecular weight is 827 g/mol. The van der Waals surface area contributed by atoms with Gasteiger partial charge in [0.1, 0.15) is 17.3 Å². The molecule has 0 spiro atoms. The van der Waals surface area contributed by atoms with E-state index in [2.05, 4.69) is 20.6 Å². The lowest BCUT2D eigenvalue weighted by Crippen LogP contribution is -2.35. The SMILES string of the molecule is COc1cc(Cn2ncc3c(-c4cccc(-c5cc(F)c(CNC[C@@H]6CCC(=O)N6)c(OC)c5)c4Cl)cccc32)c([N+](=O)[O-])cc1CN(C)C1CCC(CC(=O)O)CC1. The van der Waals surface area contributed by atoms with Crippen molar-refractivity contribution in [2.45, 2.75) is 76.7 Å². The molecule has 1 aliphatic heterocycles. The lowest BCUT2D eigenvalue weighted by Gasteiger charge is -2.34. The van der Waals surface area contributed by atoms with Crippen LogP contribution in [0.2, 0.25) is 5.02 Å². The minimum Gasteiger partial charge on any atom is -0.496 e. The number of halogens is 2. The number of carboxylic acids is 1. The van der Waals surface area contributed by atoms with E-state index >= 15 is 4.39 Å². The van der Waals surface area contributed by atoms with Crippen molar-refractivity contribution in [1.29, 1.82) is 0 Å². The molecular formula is C44H48ClFN6O7. The Balaban J connectivity index is 1.12. The van der Waals surface area contributed by atoms with Gasteiger partial charge in [-0.1, -0.05) is 41.9 Å². The highest BCUT2D eigenvalue weighted by Crippen LogP contribution is 2.41. The minimum atomic E-state index is -0.769. The Hall–Kier alpha value is -5.57. The Bertz CT molecular complexity index is 2380. The van der Waals surface area contributed by atoms with Crippen LogP contribution in [0.1, 0.15) is 61.6 Å². The number of nitrogens with one attached hydrogen (secondary N) is 2. The third-order valence-corrected chi connectivity index (χ3v) is 12.2. The van der Waals surface area contributed by atoms with Crippen LogP contribution in [0.4, 0.5) is 10.1 Å². The number of methoxy groups -OCH3 is 2. The molecule has 310 valence electrons. The quantitative estimate of drug-likeness (QED) is 0.0658. The van der Waals surface area contributed by atoms with Crippen LogP contribution in [0.3, 0.4) is 0 Å². The number of carbonyl (C=O) groups is 2. The van der Waals surface area contributed by atoms with Gasteiger partial charge in [0.05, 0.1) is 48.0 Å². The van der Waals surface area contributed by atoms with E-state index in [1.54, 1.807) is 36.2 Å². The highest BCUT2D eigenvalue weighted by atomic mass is 35.5. The number of aromatic nitrogens is 2. The molecule has 59 heavy (non-hydrogen) atoms. The number of amides is 1. The third kappa shape index (κ3) is 9.19. The van der Waals surface area contributed by atoms with E-state index in [1.165, 1.54) is 13.2 Å². The zero-order valence-electron chi connectivity index (χ0n) is 33.3. The van der Waals surface area contributed by atoms with Crippen molar-refractivity contribution in [3.8, 4) is 33.8 Å². The van der Waals surface area contributed by atoms with E-state index in [-0.39, 0.29) is 54.0 Å². The number of benzene rings is 4. The number of carbonyl (C=O) groups excluding carboxylic acids is 1. The van der Waals surface area contributed by atoms with Gasteiger partial charge in [0.15, 0.2) is 0 Å². The molecule has 5 aromatic rings. The van der Waals surface area contributed by atoms with Gasteiger partial charge in [-0.2, -0.15) is 5.10 Å². The van der Waals surface area contributed by atoms with Crippen molar-refractivity contribution in [3.63, 3.8) is 0 Å². The van der Waals surface area contributed by atoms with Crippen LogP contribution in [0.25, 0.3) is 33.2 Å². The molecule has 1 atom stereocenters. The van der Waals surface area contributed by atoms with Gasteiger partial charge in [0, 0.05) is 78.3 Å². The molecule has 2 aliphatic rings. The van der Waals surface area contributed by atoms with Crippen molar-refractivity contribution >= 4 is 40.1 Å². The number of hydrogen-bond acceptors (Lipinski definition) is 9. The third-order valence-electron chi connectivity index (χ3n) is 11.8. The van der Waals surface area contributed by atoms with E-state index < -0.39 is 11.8 Å². The molecule has 13 nitrogen and oxygen atoms in total. The fourth-order valence-corrected chi connectivity index (χ4v) is 8.95. The zero-order valence-corrected chi connectivity index (χ0v) is 34.1. The van der Waals surface area contributed by atoms with Gasteiger partial charge >= 0.3 is 5.97 Å². The molecule has 0 bridgehead atoms. The summed E-state index contributed by atoms with van der Waals surface area (Å²) in [6.07, 6.45) is 6.53. The molecule has 1 saturated heterocycles. The maximum absolute atomic E-state index is 15.7. The lowest BCUT2D eigenvalue weighted by molar-refractivity contribution is -0.385. The number of nitro benzene ring substituents is 1. The van der Waals surface area contributed by atoms with Gasteiger partial charge in [0.25, 0.3) is 5.69 Å². The van der Waals surface area contributed by atoms with Crippen molar-refractivity contribution in [3.05, 3.63) is 105 Å². The van der Waals surface area contributed by atoms with Crippen LogP contribution < -0.4 is 20.1 Å². The summed E-state index contributed by atoms with van der Waals surface area (Å²) in [6.45, 7) is 1.28. The summed E-state index contributed by atoms with van der Waals surface area (Å²) in [5.74, 6) is -0.111. The predicted octanol–water partition coefficient (Wildman–Crippen LogP) is 7.97. The van der Waals surface area contributed by atoms with E-state index in [4.69, 9.17) is 21.1 Å². The molecule has 1 aromatic heterocycles. The van der Waals surface area contributed by atoms with E-state index in [0.717, 1.165) is 48.6 Å². The first-order valence-electron chi connectivity index (χ1n) is 19.8. The fraction of sp³-hybridized carbons (Fsp3) is 0.386. The van der Waals surface area contributed by atoms with Crippen LogP contribution in [-0.2, 0) is 29.2 Å². The predicted molar refractivity (Wildman–Crippen MR) is 223 cm³/mol. The summed E-state index contributed by atoms with van der Waals surface area (Å²) >= 11 is 7.13. The fourth-order valence-electron chi connectivity index (χ4n) is 8.61. The molecule has 1 saturated carbocycles. The zero-order chi connectivity index (χ0) is 41.8. The van der Waals surface area contributed by atoms with Crippen molar-refractivity contribution in [2.75, 3.05) is 27.8 Å². The largest absolute Gasteiger partial charge is 0.496 e. The van der Waals surface area contributed by atoms with E-state index in [1.807, 2.05) is 43.4 Å². The van der Waals surface area contributed by atoms with Crippen molar-refractivity contribution < 1.29 is 33.5 Å². The first-order valence-corrected chi connectivity index (χ1v) is 20.2. The van der Waals surface area contributed by atoms with Gasteiger partial charge in [-0.15, -0.1) is 0 Å². The second-order valence-corrected chi connectivity index (χ2v) is 15.9. The van der Waals surface area contributed by atoms with Crippen molar-refractivity contribution in [1.82, 2.24) is 25.3 Å². The Morgan fingerprint density at radius 3 is 2.46 bits per heavy atom. The number of fused-ring (bicyclic) bond motifs is 1. The molecule has 1 aliphatic carbocycles. The average Bonchev–Trinajstić information content (AvgIpc) is 3.83. The Labute approximate surface area is 346 Å². The van der Waals surface area contributed by atoms with Crippen LogP contribution in [0.15, 0.2) is 66.9 Å². The number of ether oxygens (including phenoxy) is 2. The lowest BCUT2D eigenvalue weighted by atomic mass is 9.83. The maximum Gasteiger partial charge on any atom is 0.303 e. The van der Waals surface area contributed by atoms with Crippen LogP contribution >= 0.6 is 11.6 Å². The highest BCUT2D eigenvalue weighted by Gasteiger charge is 2.28. The topological polar surface area (TPSA) is 161 Å². The molecule has 1 amide bonds. The number of nitro groups is 1. The van der Waals surface area contributed by atoms with Crippen LogP contribution in [-0.4, -0.2) is 76.5 Å². The number of nitrogens with zero attached hydrogens (tertiary/aromatic N) is 4. The Morgan fingerprint density at radius 2 is 1.76 bits per heavy atom. The number of carboxylic acid groups (broad SMARTS) is 1. The number of aliphatic carboxylic acids is 1. The smallest absolute Gasteiger partial charge is 0.303 e. The molecule has 7 rings (SSSR count). The summed E-state index contributed by atoms with van der Waals surface area (Å²) in [5.41, 5.74) is 4.84. The second-order valence-electron chi connectivity index (χ2n) is 15.5. The maximum atomic E-state index is 15.7. The molecular weight excluding hydrogens is 779 g/mol. The molecule has 2 fully saturated rings. The van der Waals surface area contributed by atoms with Gasteiger partial charge in [-0.3, -0.25) is 29.3 Å². The number of hydrogen-bond donors (Lipinski definition) is 3. The first-order chi connectivity index (χ1) is 28.4. The summed E-state index contributed by atoms with van der Waals surface area (Å²) in [5, 5.41) is 33.7. The van der Waals surface area contributed by atoms with Crippen LogP contribution in [0, 0.1) is 21.8 Å². The van der Waals surface area contributed by atoms with Crippen molar-refractivity contribution in [2.24, 2.45) is 5.92 Å². The normalized spacial score (nSPS) is 18.0. The summed E-state index contributed by atoms with van der Waals surface area (Å²) < 4.78 is 28.8. The molecule has 0 radical (unpaired) electrons. The first kappa shape index (κ1) is 41.6. The molecule has 3 N–H and O–H groups in total. The highest BCUT2D eigenvalue weighted by molar-refractivity contribution is 6.36. The van der Waals surface area contributed by atoms with E-state index in [9.17, 15) is 24.8 Å². The molecule has 15 heteroatoms. The number of rotatable bonds is 16. The standard InChI is InChI=1S/C44H48ClFN6O7/c1-50(31-13-10-26(11-14-31)16-43(54)55)24-29-18-39(52(56)57)28(20-40(29)58-2)25-51-38-9-5-7-33(35(38)23-48-51)34-8-4-6-32(44(34)45)27-17-37(46)36(41(19-27)59-3)22-47-21-30-12-15-42(53)49-30/h4-9,17-20,23,26,30-31,47H,10-16,21-22,24-25H2,1-3H3,(H,49,53)(H,54,55)/t26?,30-,31?/m0/s1. The molecule has 4 aromatic carbocycles. The summed E-state index contributed by atoms with van der Waals surface area (Å²) in [6, 6.07) is 18.0. The van der Waals surface area contributed by atoms with Gasteiger partial charge in [-0.05, 0) is 80.5 Å². The summed E-state index contributed by atoms with van der Waals surface area (Å²) in [7, 11) is 5.03. The van der Waals surface area contributed by atoms with E-state index in [0.29, 0.717) is 69.4 Å². The van der Waals surface area contributed by atoms with Crippen LogP contribution in [0.5, 0.6) is 11.5 Å². The molecule has 2 heterocycles. The minimum absolute atomic E-state index is 0.0109. The Kier molecular flexibility index (Phi) is 12.8. The summed E-state index contributed by atoms with van der Waals surface area (Å²) in [4.78, 5) is 37.0. The van der Waals surface area contributed by atoms with Gasteiger partial charge in [-0.25, -0.2) is 4.39 Å². The monoisotopic (exact) mass is 826 g/mol. The molecule has 0 unspecified atom stereocenters. The van der Waals surface area contributed by atoms with Gasteiger partial charge in [0.2, 0.25) is 5.91 Å². The Morgan fingerprint density at radius 1 is 1.03 bits per heavy atom. The van der Waals surface area contributed by atoms with Gasteiger partial charge < -0.3 is 25.2 Å². The second kappa shape index (κ2) is 18.1.